The second-order valence-electron chi connectivity index (χ2n) is 7.79. The maximum absolute atomic E-state index is 12.9. The Morgan fingerprint density at radius 2 is 1.69 bits per heavy atom. The quantitative estimate of drug-likeness (QED) is 0.281. The fraction of sp³-hybridized carbons (Fsp3) is 0.192. The molecule has 2 aromatic heterocycles. The third kappa shape index (κ3) is 4.30. The van der Waals surface area contributed by atoms with Crippen LogP contribution in [0, 0.1) is 20.8 Å². The Bertz CT molecular complexity index is 1340. The van der Waals surface area contributed by atoms with Gasteiger partial charge in [0.2, 0.25) is 5.78 Å². The SMILES string of the molecule is Cc1cc(C(=O)OCC(=O)c2cc(C)n(Cc3ccccc3Cl)c2C)c2ccccc2n1. The lowest BCUT2D eigenvalue weighted by Gasteiger charge is -2.11. The first-order chi connectivity index (χ1) is 15.3. The van der Waals surface area contributed by atoms with E-state index in [0.717, 1.165) is 17.0 Å². The molecule has 0 aliphatic rings. The van der Waals surface area contributed by atoms with E-state index >= 15 is 0 Å². The summed E-state index contributed by atoms with van der Waals surface area (Å²) in [7, 11) is 0. The van der Waals surface area contributed by atoms with E-state index in [-0.39, 0.29) is 12.4 Å². The van der Waals surface area contributed by atoms with Gasteiger partial charge >= 0.3 is 5.97 Å². The van der Waals surface area contributed by atoms with Gasteiger partial charge in [-0.2, -0.15) is 0 Å². The topological polar surface area (TPSA) is 61.2 Å². The van der Waals surface area contributed by atoms with Gasteiger partial charge in [-0.25, -0.2) is 4.79 Å². The van der Waals surface area contributed by atoms with Gasteiger partial charge in [0, 0.05) is 39.6 Å². The number of aryl methyl sites for hydroxylation is 2. The maximum atomic E-state index is 12.9. The van der Waals surface area contributed by atoms with Crippen LogP contribution in [0.5, 0.6) is 0 Å². The molecule has 6 heteroatoms. The number of benzene rings is 2. The Labute approximate surface area is 191 Å². The zero-order valence-corrected chi connectivity index (χ0v) is 18.9. The highest BCUT2D eigenvalue weighted by Crippen LogP contribution is 2.23. The van der Waals surface area contributed by atoms with Gasteiger partial charge < -0.3 is 9.30 Å². The van der Waals surface area contributed by atoms with Gasteiger partial charge in [-0.15, -0.1) is 0 Å². The molecule has 0 radical (unpaired) electrons. The summed E-state index contributed by atoms with van der Waals surface area (Å²) >= 11 is 6.30. The van der Waals surface area contributed by atoms with Gasteiger partial charge in [0.25, 0.3) is 0 Å². The number of fused-ring (bicyclic) bond motifs is 1. The summed E-state index contributed by atoms with van der Waals surface area (Å²) in [6, 6.07) is 18.5. The summed E-state index contributed by atoms with van der Waals surface area (Å²) < 4.78 is 7.44. The lowest BCUT2D eigenvalue weighted by atomic mass is 10.1. The van der Waals surface area contributed by atoms with Gasteiger partial charge in [0.05, 0.1) is 11.1 Å². The minimum Gasteiger partial charge on any atom is -0.454 e. The number of esters is 1. The van der Waals surface area contributed by atoms with Crippen molar-refractivity contribution in [2.24, 2.45) is 0 Å². The van der Waals surface area contributed by atoms with E-state index in [0.29, 0.717) is 39.3 Å². The van der Waals surface area contributed by atoms with Crippen molar-refractivity contribution in [3.8, 4) is 0 Å². The second kappa shape index (κ2) is 8.97. The lowest BCUT2D eigenvalue weighted by Crippen LogP contribution is -2.16. The number of Topliss-reactive ketones (excluding diaryl/α,β-unsaturated/α-hetero) is 1. The number of ether oxygens (including phenoxy) is 1. The Kier molecular flexibility index (Phi) is 6.10. The van der Waals surface area contributed by atoms with Crippen molar-refractivity contribution in [2.75, 3.05) is 6.61 Å². The normalized spacial score (nSPS) is 11.0. The van der Waals surface area contributed by atoms with Gasteiger partial charge in [-0.05, 0) is 50.6 Å². The molecule has 0 N–H and O–H groups in total. The first-order valence-corrected chi connectivity index (χ1v) is 10.7. The molecule has 0 saturated carbocycles. The highest BCUT2D eigenvalue weighted by Gasteiger charge is 2.20. The maximum Gasteiger partial charge on any atom is 0.339 e. The number of nitrogens with zero attached hydrogens (tertiary/aromatic N) is 2. The van der Waals surface area contributed by atoms with E-state index in [1.54, 1.807) is 6.07 Å². The molecule has 4 rings (SSSR count). The average Bonchev–Trinajstić information content (AvgIpc) is 3.06. The Morgan fingerprint density at radius 1 is 0.969 bits per heavy atom. The van der Waals surface area contributed by atoms with Crippen LogP contribution in [0.2, 0.25) is 5.02 Å². The van der Waals surface area contributed by atoms with E-state index in [4.69, 9.17) is 16.3 Å². The summed E-state index contributed by atoms with van der Waals surface area (Å²) in [5.74, 6) is -0.781. The molecule has 0 saturated heterocycles. The fourth-order valence-corrected chi connectivity index (χ4v) is 4.08. The molecular weight excluding hydrogens is 424 g/mol. The lowest BCUT2D eigenvalue weighted by molar-refractivity contribution is 0.0476. The standard InChI is InChI=1S/C26H23ClN2O3/c1-16-12-22(20-9-5-7-11-24(20)28-16)26(31)32-15-25(30)21-13-17(2)29(18(21)3)14-19-8-4-6-10-23(19)27/h4-13H,14-15H2,1-3H3. The number of para-hydroxylation sites is 1. The minimum atomic E-state index is -0.537. The smallest absolute Gasteiger partial charge is 0.339 e. The number of aromatic nitrogens is 2. The number of halogens is 1. The van der Waals surface area contributed by atoms with Crippen molar-refractivity contribution in [3.05, 3.63) is 99.5 Å². The summed E-state index contributed by atoms with van der Waals surface area (Å²) in [4.78, 5) is 30.1. The summed E-state index contributed by atoms with van der Waals surface area (Å²) in [6.07, 6.45) is 0. The molecular formula is C26H23ClN2O3. The van der Waals surface area contributed by atoms with Gasteiger partial charge in [0.15, 0.2) is 6.61 Å². The largest absolute Gasteiger partial charge is 0.454 e. The van der Waals surface area contributed by atoms with Gasteiger partial charge in [0.1, 0.15) is 0 Å². The Balaban J connectivity index is 1.52. The van der Waals surface area contributed by atoms with Crippen LogP contribution < -0.4 is 0 Å². The molecule has 2 aromatic carbocycles. The molecule has 0 amide bonds. The molecule has 0 bridgehead atoms. The number of ketones is 1. The van der Waals surface area contributed by atoms with E-state index in [9.17, 15) is 9.59 Å². The molecule has 0 spiro atoms. The monoisotopic (exact) mass is 446 g/mol. The van der Waals surface area contributed by atoms with Crippen molar-refractivity contribution in [1.82, 2.24) is 9.55 Å². The van der Waals surface area contributed by atoms with Crippen molar-refractivity contribution >= 4 is 34.3 Å². The molecule has 0 aliphatic heterocycles. The minimum absolute atomic E-state index is 0.244. The number of hydrogen-bond donors (Lipinski definition) is 0. The van der Waals surface area contributed by atoms with E-state index in [2.05, 4.69) is 4.98 Å². The zero-order chi connectivity index (χ0) is 22.8. The molecule has 4 aromatic rings. The van der Waals surface area contributed by atoms with E-state index in [1.165, 1.54) is 0 Å². The first kappa shape index (κ1) is 21.8. The number of rotatable bonds is 6. The van der Waals surface area contributed by atoms with Crippen LogP contribution in [-0.4, -0.2) is 27.9 Å². The van der Waals surface area contributed by atoms with Crippen LogP contribution in [0.1, 0.15) is 43.4 Å². The van der Waals surface area contributed by atoms with Crippen molar-refractivity contribution < 1.29 is 14.3 Å². The van der Waals surface area contributed by atoms with Crippen LogP contribution in [0.25, 0.3) is 10.9 Å². The van der Waals surface area contributed by atoms with Crippen LogP contribution >= 0.6 is 11.6 Å². The van der Waals surface area contributed by atoms with Gasteiger partial charge in [-0.3, -0.25) is 9.78 Å². The number of carbonyl (C=O) groups is 2. The molecule has 162 valence electrons. The predicted molar refractivity (Wildman–Crippen MR) is 126 cm³/mol. The average molecular weight is 447 g/mol. The summed E-state index contributed by atoms with van der Waals surface area (Å²) in [5.41, 5.74) is 5.10. The Hall–Kier alpha value is -3.44. The highest BCUT2D eigenvalue weighted by molar-refractivity contribution is 6.31. The van der Waals surface area contributed by atoms with Crippen LogP contribution in [0.15, 0.2) is 60.7 Å². The van der Waals surface area contributed by atoms with Crippen LogP contribution in [0.3, 0.4) is 0 Å². The van der Waals surface area contributed by atoms with E-state index in [1.807, 2.05) is 79.9 Å². The summed E-state index contributed by atoms with van der Waals surface area (Å²) in [6.45, 7) is 5.89. The van der Waals surface area contributed by atoms with Crippen molar-refractivity contribution in [1.29, 1.82) is 0 Å². The highest BCUT2D eigenvalue weighted by atomic mass is 35.5. The molecule has 2 heterocycles. The number of carbonyl (C=O) groups excluding carboxylic acids is 2. The summed E-state index contributed by atoms with van der Waals surface area (Å²) in [5, 5.41) is 1.38. The third-order valence-corrected chi connectivity index (χ3v) is 5.93. The van der Waals surface area contributed by atoms with Gasteiger partial charge in [-0.1, -0.05) is 48.0 Å². The zero-order valence-electron chi connectivity index (χ0n) is 18.2. The predicted octanol–water partition coefficient (Wildman–Crippen LogP) is 5.70. The molecule has 0 aliphatic carbocycles. The van der Waals surface area contributed by atoms with E-state index < -0.39 is 5.97 Å². The molecule has 5 nitrogen and oxygen atoms in total. The molecule has 0 fully saturated rings. The molecule has 0 unspecified atom stereocenters. The molecule has 32 heavy (non-hydrogen) atoms. The number of hydrogen-bond acceptors (Lipinski definition) is 4. The third-order valence-electron chi connectivity index (χ3n) is 5.56. The van der Waals surface area contributed by atoms with Crippen LogP contribution in [0.4, 0.5) is 0 Å². The number of pyridine rings is 1. The molecule has 0 atom stereocenters. The Morgan fingerprint density at radius 3 is 2.47 bits per heavy atom. The van der Waals surface area contributed by atoms with Crippen molar-refractivity contribution in [2.45, 2.75) is 27.3 Å². The fourth-order valence-electron chi connectivity index (χ4n) is 3.89. The van der Waals surface area contributed by atoms with Crippen molar-refractivity contribution in [3.63, 3.8) is 0 Å². The first-order valence-electron chi connectivity index (χ1n) is 10.3. The second-order valence-corrected chi connectivity index (χ2v) is 8.20. The van der Waals surface area contributed by atoms with Crippen LogP contribution in [-0.2, 0) is 11.3 Å².